The van der Waals surface area contributed by atoms with Gasteiger partial charge in [0.2, 0.25) is 0 Å². The van der Waals surface area contributed by atoms with Gasteiger partial charge in [-0.25, -0.2) is 9.13 Å². The zero-order valence-corrected chi connectivity index (χ0v) is 66.2. The second-order valence-corrected chi connectivity index (χ2v) is 33.3. The fourth-order valence-corrected chi connectivity index (χ4v) is 13.7. The number of aliphatic hydroxyl groups is 1. The van der Waals surface area contributed by atoms with E-state index in [1.165, 1.54) is 205 Å². The van der Waals surface area contributed by atoms with Gasteiger partial charge in [0, 0.05) is 25.7 Å². The quantitative estimate of drug-likeness (QED) is 0.0222. The minimum atomic E-state index is -4.96. The van der Waals surface area contributed by atoms with Crippen molar-refractivity contribution in [2.75, 3.05) is 39.6 Å². The molecule has 98 heavy (non-hydrogen) atoms. The fourth-order valence-electron chi connectivity index (χ4n) is 12.1. The summed E-state index contributed by atoms with van der Waals surface area (Å²) in [4.78, 5) is 73.0. The first-order valence-corrected chi connectivity index (χ1v) is 43.7. The third kappa shape index (κ3) is 72.4. The Morgan fingerprint density at radius 1 is 0.255 bits per heavy atom. The lowest BCUT2D eigenvalue weighted by Crippen LogP contribution is -2.30. The molecule has 0 aliphatic carbocycles. The number of esters is 4. The van der Waals surface area contributed by atoms with Gasteiger partial charge in [-0.2, -0.15) is 0 Å². The molecule has 0 aromatic carbocycles. The maximum Gasteiger partial charge on any atom is 0.472 e. The van der Waals surface area contributed by atoms with Gasteiger partial charge >= 0.3 is 39.5 Å². The summed E-state index contributed by atoms with van der Waals surface area (Å²) in [6, 6.07) is 0. The number of phosphoric ester groups is 2. The Morgan fingerprint density at radius 2 is 0.429 bits per heavy atom. The van der Waals surface area contributed by atoms with Crippen molar-refractivity contribution in [3.63, 3.8) is 0 Å². The van der Waals surface area contributed by atoms with E-state index in [0.29, 0.717) is 25.7 Å². The van der Waals surface area contributed by atoms with Gasteiger partial charge in [0.05, 0.1) is 26.4 Å². The standard InChI is InChI=1S/C79H154O17P2/c1-69(2)55-47-39-31-23-15-12-10-9-11-13-17-29-37-45-53-61-78(83)95-74(65-89-76(81)59-51-43-35-27-18-14-16-24-32-40-48-56-70(3)4)67-93-97(85,86)91-63-73(80)64-92-98(87,88)94-68-75(96-79(84)62-54-46-38-30-22-20-26-34-42-50-58-72(7)8)66-90-77(82)60-52-44-36-28-21-19-25-33-41-49-57-71(5)6/h69-75,80H,9-68H2,1-8H3,(H,85,86)(H,87,88)/t73-,74-,75-/m1/s1. The summed E-state index contributed by atoms with van der Waals surface area (Å²) in [6.07, 6.45) is 54.0. The molecule has 0 aromatic rings. The van der Waals surface area contributed by atoms with E-state index < -0.39 is 97.5 Å². The number of ether oxygens (including phenoxy) is 4. The van der Waals surface area contributed by atoms with E-state index >= 15 is 0 Å². The van der Waals surface area contributed by atoms with Crippen LogP contribution < -0.4 is 0 Å². The number of carbonyl (C=O) groups is 4. The van der Waals surface area contributed by atoms with Crippen LogP contribution in [0.4, 0.5) is 0 Å². The lowest BCUT2D eigenvalue weighted by atomic mass is 10.0. The average molecular weight is 1440 g/mol. The van der Waals surface area contributed by atoms with Gasteiger partial charge in [-0.3, -0.25) is 37.3 Å². The highest BCUT2D eigenvalue weighted by Gasteiger charge is 2.30. The largest absolute Gasteiger partial charge is 0.472 e. The molecular weight excluding hydrogens is 1280 g/mol. The predicted molar refractivity (Wildman–Crippen MR) is 400 cm³/mol. The minimum absolute atomic E-state index is 0.105. The minimum Gasteiger partial charge on any atom is -0.462 e. The van der Waals surface area contributed by atoms with Crippen molar-refractivity contribution in [2.45, 2.75) is 420 Å². The van der Waals surface area contributed by atoms with Crippen LogP contribution in [0.1, 0.15) is 402 Å². The maximum atomic E-state index is 13.1. The van der Waals surface area contributed by atoms with Crippen LogP contribution in [0.5, 0.6) is 0 Å². The summed E-state index contributed by atoms with van der Waals surface area (Å²) in [5.74, 6) is 0.969. The SMILES string of the molecule is CC(C)CCCCCCCCCCCCCCCCCC(=O)O[C@H](COC(=O)CCCCCCCCCCCCCC(C)C)COP(=O)(O)OC[C@@H](O)COP(=O)(O)OC[C@@H](COC(=O)CCCCCCCCCCCCC(C)C)OC(=O)CCCCCCCCCCCCC(C)C. The number of aliphatic hydroxyl groups excluding tert-OH is 1. The Kier molecular flexibility index (Phi) is 66.8. The van der Waals surface area contributed by atoms with Crippen molar-refractivity contribution >= 4 is 39.5 Å². The third-order valence-electron chi connectivity index (χ3n) is 18.3. The first-order chi connectivity index (χ1) is 47.1. The van der Waals surface area contributed by atoms with Crippen molar-refractivity contribution in [3.05, 3.63) is 0 Å². The number of rotatable bonds is 76. The van der Waals surface area contributed by atoms with Crippen molar-refractivity contribution in [3.8, 4) is 0 Å². The summed E-state index contributed by atoms with van der Waals surface area (Å²) in [7, 11) is -9.92. The molecule has 5 atom stereocenters. The first kappa shape index (κ1) is 96.1. The molecule has 0 aromatic heterocycles. The first-order valence-electron chi connectivity index (χ1n) is 40.7. The van der Waals surface area contributed by atoms with E-state index in [9.17, 15) is 43.2 Å². The molecular formula is C79H154O17P2. The topological polar surface area (TPSA) is 237 Å². The number of unbranched alkanes of at least 4 members (excludes halogenated alkanes) is 42. The molecule has 0 heterocycles. The highest BCUT2D eigenvalue weighted by atomic mass is 31.2. The van der Waals surface area contributed by atoms with Gasteiger partial charge in [0.25, 0.3) is 0 Å². The van der Waals surface area contributed by atoms with Gasteiger partial charge in [0.1, 0.15) is 19.3 Å². The van der Waals surface area contributed by atoms with E-state index in [-0.39, 0.29) is 25.7 Å². The molecule has 0 bridgehead atoms. The second-order valence-electron chi connectivity index (χ2n) is 30.4. The number of phosphoric acid groups is 2. The van der Waals surface area contributed by atoms with Gasteiger partial charge in [-0.15, -0.1) is 0 Å². The second kappa shape index (κ2) is 68.2. The zero-order valence-electron chi connectivity index (χ0n) is 64.4. The van der Waals surface area contributed by atoms with E-state index in [4.69, 9.17) is 37.0 Å². The van der Waals surface area contributed by atoms with Crippen molar-refractivity contribution < 1.29 is 80.2 Å². The Morgan fingerprint density at radius 3 is 0.633 bits per heavy atom. The molecule has 0 saturated carbocycles. The molecule has 0 amide bonds. The fraction of sp³-hybridized carbons (Fsp3) is 0.949. The molecule has 0 rings (SSSR count). The highest BCUT2D eigenvalue weighted by molar-refractivity contribution is 7.47. The normalized spacial score (nSPS) is 14.1. The Labute approximate surface area is 600 Å². The van der Waals surface area contributed by atoms with E-state index in [1.54, 1.807) is 0 Å². The van der Waals surface area contributed by atoms with Gasteiger partial charge in [0.15, 0.2) is 12.2 Å². The summed E-state index contributed by atoms with van der Waals surface area (Å²) in [6.45, 7) is 14.2. The van der Waals surface area contributed by atoms with Gasteiger partial charge in [-0.1, -0.05) is 351 Å². The number of hydrogen-bond donors (Lipinski definition) is 3. The third-order valence-corrected chi connectivity index (χ3v) is 20.2. The number of hydrogen-bond acceptors (Lipinski definition) is 15. The van der Waals surface area contributed by atoms with Crippen LogP contribution in [0.2, 0.25) is 0 Å². The maximum absolute atomic E-state index is 13.1. The van der Waals surface area contributed by atoms with Crippen LogP contribution >= 0.6 is 15.6 Å². The molecule has 0 saturated heterocycles. The highest BCUT2D eigenvalue weighted by Crippen LogP contribution is 2.45. The van der Waals surface area contributed by atoms with Crippen LogP contribution in [-0.4, -0.2) is 96.7 Å². The zero-order chi connectivity index (χ0) is 72.4. The Bertz CT molecular complexity index is 1920. The van der Waals surface area contributed by atoms with Crippen LogP contribution in [0.15, 0.2) is 0 Å². The van der Waals surface area contributed by atoms with Gasteiger partial charge < -0.3 is 33.8 Å². The number of carbonyl (C=O) groups excluding carboxylic acids is 4. The van der Waals surface area contributed by atoms with E-state index in [0.717, 1.165) is 114 Å². The van der Waals surface area contributed by atoms with Crippen molar-refractivity contribution in [2.24, 2.45) is 23.7 Å². The molecule has 0 aliphatic heterocycles. The van der Waals surface area contributed by atoms with E-state index in [2.05, 4.69) is 55.4 Å². The van der Waals surface area contributed by atoms with Gasteiger partial charge in [-0.05, 0) is 49.4 Å². The smallest absolute Gasteiger partial charge is 0.462 e. The monoisotopic (exact) mass is 1440 g/mol. The Hall–Kier alpha value is -1.94. The molecule has 0 fully saturated rings. The summed E-state index contributed by atoms with van der Waals surface area (Å²) in [5, 5.41) is 10.6. The van der Waals surface area contributed by atoms with Crippen LogP contribution in [0.25, 0.3) is 0 Å². The molecule has 582 valence electrons. The van der Waals surface area contributed by atoms with E-state index in [1.807, 2.05) is 0 Å². The lowest BCUT2D eigenvalue weighted by Gasteiger charge is -2.21. The molecule has 17 nitrogen and oxygen atoms in total. The summed E-state index contributed by atoms with van der Waals surface area (Å²) in [5.41, 5.74) is 0. The predicted octanol–water partition coefficient (Wildman–Crippen LogP) is 23.2. The van der Waals surface area contributed by atoms with Crippen molar-refractivity contribution in [1.29, 1.82) is 0 Å². The molecule has 0 spiro atoms. The lowest BCUT2D eigenvalue weighted by molar-refractivity contribution is -0.161. The summed E-state index contributed by atoms with van der Waals surface area (Å²) >= 11 is 0. The van der Waals surface area contributed by atoms with Crippen LogP contribution in [0, 0.1) is 23.7 Å². The molecule has 3 N–H and O–H groups in total. The summed E-state index contributed by atoms with van der Waals surface area (Å²) < 4.78 is 68.7. The molecule has 2 unspecified atom stereocenters. The Balaban J connectivity index is 5.27. The molecule has 0 aliphatic rings. The average Bonchev–Trinajstić information content (AvgIpc) is 1.06. The molecule has 19 heteroatoms. The molecule has 0 radical (unpaired) electrons. The van der Waals surface area contributed by atoms with Crippen LogP contribution in [0.3, 0.4) is 0 Å². The van der Waals surface area contributed by atoms with Crippen LogP contribution in [-0.2, 0) is 65.4 Å². The van der Waals surface area contributed by atoms with Crippen molar-refractivity contribution in [1.82, 2.24) is 0 Å².